The lowest BCUT2D eigenvalue weighted by molar-refractivity contribution is -0.155. The Hall–Kier alpha value is -4.55. The van der Waals surface area contributed by atoms with E-state index in [4.69, 9.17) is 10.5 Å². The fourth-order valence-corrected chi connectivity index (χ4v) is 5.67. The summed E-state index contributed by atoms with van der Waals surface area (Å²) in [7, 11) is 0. The largest absolute Gasteiger partial charge is 0.362 e. The second-order valence-corrected chi connectivity index (χ2v) is 12.3. The van der Waals surface area contributed by atoms with Crippen LogP contribution in [0.4, 0.5) is 0 Å². The van der Waals surface area contributed by atoms with Crippen molar-refractivity contribution >= 4 is 40.4 Å². The lowest BCUT2D eigenvalue weighted by Crippen LogP contribution is -2.60. The molecule has 4 rings (SSSR count). The molecule has 252 valence electrons. The first-order valence-electron chi connectivity index (χ1n) is 16.3. The Bertz CT molecular complexity index is 1520. The lowest BCUT2D eigenvalue weighted by Gasteiger charge is -2.32. The van der Waals surface area contributed by atoms with Crippen LogP contribution in [0, 0.1) is 5.92 Å². The molecule has 0 spiro atoms. The molecule has 3 aromatic rings. The Morgan fingerprint density at radius 2 is 1.72 bits per heavy atom. The summed E-state index contributed by atoms with van der Waals surface area (Å²) in [5, 5.41) is 9.42. The minimum Gasteiger partial charge on any atom is -0.362 e. The van der Waals surface area contributed by atoms with Crippen molar-refractivity contribution in [2.45, 2.75) is 70.5 Å². The topological polar surface area (TPSA) is 176 Å². The number of aromatic amines is 1. The molecule has 0 aliphatic carbocycles. The number of hydrogen-bond donors (Lipinski definition) is 5. The van der Waals surface area contributed by atoms with Crippen LogP contribution in [0.1, 0.15) is 50.7 Å². The van der Waals surface area contributed by atoms with E-state index in [1.807, 2.05) is 60.8 Å². The Balaban J connectivity index is 1.65. The van der Waals surface area contributed by atoms with Gasteiger partial charge < -0.3 is 31.4 Å². The van der Waals surface area contributed by atoms with E-state index >= 15 is 0 Å². The number of carbonyl (C=O) groups is 5. The average Bonchev–Trinajstić information content (AvgIpc) is 3.47. The number of hydrogen-bond acceptors (Lipinski definition) is 7. The SMILES string of the molecule is CC(C)CCNC(=O)[C@H](Cc1c[nH]c2ccccc12)NC(=O)[C@H](CCCCN)N1C(=O)COCC(=O)N[C@@H](Cc2ccccc2)C1=O. The van der Waals surface area contributed by atoms with Gasteiger partial charge in [-0.1, -0.05) is 62.4 Å². The summed E-state index contributed by atoms with van der Waals surface area (Å²) in [6, 6.07) is 13.4. The standard InChI is InChI=1S/C35H46N6O6/c1-23(2)15-17-37-33(44)28(19-25-20-38-27-13-7-6-12-26(25)27)40-34(45)30(14-8-9-16-36)41-32(43)22-47-21-31(42)39-29(35(41)46)18-24-10-4-3-5-11-24/h3-7,10-13,20,23,28-30,38H,8-9,14-19,21-22,36H2,1-2H3,(H,37,44)(H,39,42)(H,40,45)/t28-,29-,30-/m0/s1. The van der Waals surface area contributed by atoms with Crippen molar-refractivity contribution in [3.05, 3.63) is 71.9 Å². The smallest absolute Gasteiger partial charge is 0.255 e. The molecule has 12 nitrogen and oxygen atoms in total. The number of ether oxygens (including phenoxy) is 1. The second kappa shape index (κ2) is 17.4. The molecule has 1 aliphatic rings. The first kappa shape index (κ1) is 35.3. The quantitative estimate of drug-likeness (QED) is 0.124. The van der Waals surface area contributed by atoms with Crippen LogP contribution in [0.25, 0.3) is 10.9 Å². The Morgan fingerprint density at radius 1 is 0.979 bits per heavy atom. The molecular weight excluding hydrogens is 600 g/mol. The predicted octanol–water partition coefficient (Wildman–Crippen LogP) is 1.97. The van der Waals surface area contributed by atoms with E-state index in [1.54, 1.807) is 0 Å². The monoisotopic (exact) mass is 646 g/mol. The summed E-state index contributed by atoms with van der Waals surface area (Å²) < 4.78 is 5.33. The van der Waals surface area contributed by atoms with E-state index in [9.17, 15) is 24.0 Å². The highest BCUT2D eigenvalue weighted by Crippen LogP contribution is 2.21. The number of rotatable bonds is 15. The maximum atomic E-state index is 14.2. The van der Waals surface area contributed by atoms with Gasteiger partial charge in [-0.05, 0) is 55.3 Å². The normalized spacial score (nSPS) is 17.1. The number of unbranched alkanes of at least 4 members (excludes halogenated alkanes) is 1. The number of nitrogens with one attached hydrogen (secondary N) is 4. The first-order chi connectivity index (χ1) is 22.7. The molecule has 1 fully saturated rings. The zero-order chi connectivity index (χ0) is 33.8. The summed E-state index contributed by atoms with van der Waals surface area (Å²) in [4.78, 5) is 72.3. The lowest BCUT2D eigenvalue weighted by atomic mass is 10.00. The Kier molecular flexibility index (Phi) is 13.1. The van der Waals surface area contributed by atoms with Gasteiger partial charge in [0.15, 0.2) is 0 Å². The molecule has 2 heterocycles. The number of nitrogens with two attached hydrogens (primary N) is 1. The molecule has 12 heteroatoms. The van der Waals surface area contributed by atoms with Crippen LogP contribution in [0.5, 0.6) is 0 Å². The van der Waals surface area contributed by atoms with Gasteiger partial charge in [0.1, 0.15) is 31.3 Å². The van der Waals surface area contributed by atoms with Crippen molar-refractivity contribution in [3.8, 4) is 0 Å². The van der Waals surface area contributed by atoms with Crippen molar-refractivity contribution in [2.24, 2.45) is 11.7 Å². The highest BCUT2D eigenvalue weighted by molar-refractivity contribution is 6.05. The summed E-state index contributed by atoms with van der Waals surface area (Å²) in [5.74, 6) is -2.67. The minimum absolute atomic E-state index is 0.105. The molecule has 1 saturated heterocycles. The number of imide groups is 1. The predicted molar refractivity (Wildman–Crippen MR) is 178 cm³/mol. The molecule has 47 heavy (non-hydrogen) atoms. The fraction of sp³-hybridized carbons (Fsp3) is 0.457. The molecular formula is C35H46N6O6. The van der Waals surface area contributed by atoms with E-state index in [-0.39, 0.29) is 25.2 Å². The van der Waals surface area contributed by atoms with Gasteiger partial charge in [-0.25, -0.2) is 0 Å². The van der Waals surface area contributed by atoms with Crippen LogP contribution in [-0.4, -0.2) is 83.8 Å². The van der Waals surface area contributed by atoms with Crippen molar-refractivity contribution in [3.63, 3.8) is 0 Å². The third-order valence-electron chi connectivity index (χ3n) is 8.18. The van der Waals surface area contributed by atoms with Crippen LogP contribution in [0.15, 0.2) is 60.8 Å². The molecule has 6 N–H and O–H groups in total. The highest BCUT2D eigenvalue weighted by Gasteiger charge is 2.40. The van der Waals surface area contributed by atoms with Gasteiger partial charge in [0, 0.05) is 36.5 Å². The van der Waals surface area contributed by atoms with E-state index in [1.165, 1.54) is 0 Å². The van der Waals surface area contributed by atoms with Crippen LogP contribution in [0.3, 0.4) is 0 Å². The van der Waals surface area contributed by atoms with E-state index in [0.29, 0.717) is 31.8 Å². The molecule has 0 bridgehead atoms. The summed E-state index contributed by atoms with van der Waals surface area (Å²) >= 11 is 0. The van der Waals surface area contributed by atoms with Crippen LogP contribution in [0.2, 0.25) is 0 Å². The van der Waals surface area contributed by atoms with Gasteiger partial charge in [-0.3, -0.25) is 28.9 Å². The molecule has 1 aliphatic heterocycles. The van der Waals surface area contributed by atoms with Gasteiger partial charge in [-0.2, -0.15) is 0 Å². The number of amides is 5. The minimum atomic E-state index is -1.27. The van der Waals surface area contributed by atoms with Crippen molar-refractivity contribution < 1.29 is 28.7 Å². The Morgan fingerprint density at radius 3 is 2.47 bits per heavy atom. The zero-order valence-electron chi connectivity index (χ0n) is 27.1. The number of carbonyl (C=O) groups excluding carboxylic acids is 5. The number of nitrogens with zero attached hydrogens (tertiary/aromatic N) is 1. The van der Waals surface area contributed by atoms with E-state index in [0.717, 1.165) is 33.4 Å². The van der Waals surface area contributed by atoms with Gasteiger partial charge >= 0.3 is 0 Å². The van der Waals surface area contributed by atoms with Crippen molar-refractivity contribution in [1.82, 2.24) is 25.8 Å². The maximum Gasteiger partial charge on any atom is 0.255 e. The van der Waals surface area contributed by atoms with E-state index in [2.05, 4.69) is 34.8 Å². The number of fused-ring (bicyclic) bond motifs is 1. The maximum absolute atomic E-state index is 14.2. The van der Waals surface area contributed by atoms with Gasteiger partial charge in [0.25, 0.3) is 11.8 Å². The van der Waals surface area contributed by atoms with Gasteiger partial charge in [0.2, 0.25) is 17.7 Å². The van der Waals surface area contributed by atoms with Crippen molar-refractivity contribution in [2.75, 3.05) is 26.3 Å². The molecule has 5 amide bonds. The summed E-state index contributed by atoms with van der Waals surface area (Å²) in [6.07, 6.45) is 3.95. The molecule has 1 aromatic heterocycles. The third-order valence-corrected chi connectivity index (χ3v) is 8.18. The van der Waals surface area contributed by atoms with Crippen molar-refractivity contribution in [1.29, 1.82) is 0 Å². The highest BCUT2D eigenvalue weighted by atomic mass is 16.5. The molecule has 3 atom stereocenters. The number of benzene rings is 2. The second-order valence-electron chi connectivity index (χ2n) is 12.3. The molecule has 0 saturated carbocycles. The summed E-state index contributed by atoms with van der Waals surface area (Å²) in [5.41, 5.74) is 8.24. The average molecular weight is 647 g/mol. The fourth-order valence-electron chi connectivity index (χ4n) is 5.67. The summed E-state index contributed by atoms with van der Waals surface area (Å²) in [6.45, 7) is 3.92. The van der Waals surface area contributed by atoms with Gasteiger partial charge in [-0.15, -0.1) is 0 Å². The van der Waals surface area contributed by atoms with Gasteiger partial charge in [0.05, 0.1) is 0 Å². The number of H-pyrrole nitrogens is 1. The van der Waals surface area contributed by atoms with Crippen LogP contribution in [-0.2, 0) is 41.6 Å². The molecule has 0 unspecified atom stereocenters. The van der Waals surface area contributed by atoms with E-state index < -0.39 is 55.0 Å². The third kappa shape index (κ3) is 9.97. The number of aromatic nitrogens is 1. The van der Waals surface area contributed by atoms with Crippen LogP contribution < -0.4 is 21.7 Å². The zero-order valence-corrected chi connectivity index (χ0v) is 27.1. The van der Waals surface area contributed by atoms with Crippen LogP contribution >= 0.6 is 0 Å². The molecule has 0 radical (unpaired) electrons. The molecule has 2 aromatic carbocycles. The Labute approximate surface area is 275 Å². The number of para-hydroxylation sites is 1. The first-order valence-corrected chi connectivity index (χ1v) is 16.3.